The molecule has 0 unspecified atom stereocenters. The van der Waals surface area contributed by atoms with Crippen LogP contribution in [0.1, 0.15) is 51.2 Å². The van der Waals surface area contributed by atoms with Crippen molar-refractivity contribution in [2.24, 2.45) is 0 Å². The number of rotatable bonds is 10. The Balaban J connectivity index is 1.75. The van der Waals surface area contributed by atoms with Crippen molar-refractivity contribution in [2.75, 3.05) is 6.79 Å². The fourth-order valence-electron chi connectivity index (χ4n) is 3.64. The van der Waals surface area contributed by atoms with Crippen molar-refractivity contribution in [2.45, 2.75) is 65.1 Å². The van der Waals surface area contributed by atoms with Gasteiger partial charge in [-0.05, 0) is 61.6 Å². The van der Waals surface area contributed by atoms with E-state index in [-0.39, 0.29) is 43.4 Å². The van der Waals surface area contributed by atoms with Gasteiger partial charge in [-0.15, -0.1) is 0 Å². The number of carbonyl (C=O) groups excluding carboxylic acids is 2. The first kappa shape index (κ1) is 23.6. The normalized spacial score (nSPS) is 14.0. The van der Waals surface area contributed by atoms with Crippen LogP contribution in [0.3, 0.4) is 0 Å². The van der Waals surface area contributed by atoms with Crippen LogP contribution in [0, 0.1) is 5.82 Å². The van der Waals surface area contributed by atoms with Gasteiger partial charge in [-0.3, -0.25) is 9.59 Å². The van der Waals surface area contributed by atoms with E-state index in [0.29, 0.717) is 24.3 Å². The van der Waals surface area contributed by atoms with Crippen LogP contribution in [0.5, 0.6) is 11.5 Å². The molecule has 2 aromatic carbocycles. The Hall–Kier alpha value is -3.09. The molecule has 172 valence electrons. The molecule has 1 aliphatic heterocycles. The third-order valence-corrected chi connectivity index (χ3v) is 5.72. The number of benzene rings is 2. The summed E-state index contributed by atoms with van der Waals surface area (Å²) in [5, 5.41) is 2.99. The van der Waals surface area contributed by atoms with Crippen molar-refractivity contribution < 1.29 is 23.5 Å². The molecule has 0 bridgehead atoms. The lowest BCUT2D eigenvalue weighted by Crippen LogP contribution is -2.50. The van der Waals surface area contributed by atoms with Crippen LogP contribution in [-0.2, 0) is 22.6 Å². The molecule has 0 saturated heterocycles. The summed E-state index contributed by atoms with van der Waals surface area (Å²) in [6.07, 6.45) is 2.05. The summed E-state index contributed by atoms with van der Waals surface area (Å²) in [6.45, 7) is 6.28. The summed E-state index contributed by atoms with van der Waals surface area (Å²) in [5.41, 5.74) is 1.74. The maximum atomic E-state index is 13.4. The second kappa shape index (κ2) is 11.0. The zero-order valence-electron chi connectivity index (χ0n) is 18.9. The quantitative estimate of drug-likeness (QED) is 0.599. The highest BCUT2D eigenvalue weighted by molar-refractivity contribution is 5.88. The Morgan fingerprint density at radius 3 is 2.41 bits per heavy atom. The van der Waals surface area contributed by atoms with Gasteiger partial charge in [0, 0.05) is 19.0 Å². The van der Waals surface area contributed by atoms with E-state index in [1.165, 1.54) is 12.1 Å². The molecule has 0 saturated carbocycles. The predicted molar refractivity (Wildman–Crippen MR) is 120 cm³/mol. The van der Waals surface area contributed by atoms with Gasteiger partial charge in [-0.25, -0.2) is 4.39 Å². The van der Waals surface area contributed by atoms with E-state index in [4.69, 9.17) is 9.47 Å². The van der Waals surface area contributed by atoms with Crippen LogP contribution in [0.25, 0.3) is 0 Å². The fraction of sp³-hybridized carbons (Fsp3) is 0.440. The maximum Gasteiger partial charge on any atom is 0.243 e. The number of hydrogen-bond donors (Lipinski definition) is 1. The van der Waals surface area contributed by atoms with Gasteiger partial charge in [0.1, 0.15) is 11.9 Å². The average molecular weight is 443 g/mol. The van der Waals surface area contributed by atoms with Crippen LogP contribution in [0.2, 0.25) is 0 Å². The summed E-state index contributed by atoms with van der Waals surface area (Å²) < 4.78 is 24.1. The number of hydrogen-bond acceptors (Lipinski definition) is 4. The molecule has 1 heterocycles. The van der Waals surface area contributed by atoms with Gasteiger partial charge in [0.2, 0.25) is 18.6 Å². The van der Waals surface area contributed by atoms with E-state index in [9.17, 15) is 14.0 Å². The molecular weight excluding hydrogens is 411 g/mol. The van der Waals surface area contributed by atoms with E-state index in [2.05, 4.69) is 5.32 Å². The Morgan fingerprint density at radius 2 is 1.72 bits per heavy atom. The molecule has 1 N–H and O–H groups in total. The molecule has 0 fully saturated rings. The molecule has 32 heavy (non-hydrogen) atoms. The third-order valence-electron chi connectivity index (χ3n) is 5.72. The summed E-state index contributed by atoms with van der Waals surface area (Å²) in [5.74, 6) is 0.748. The maximum absolute atomic E-state index is 13.4. The molecular formula is C25H31FN2O4. The molecule has 0 spiro atoms. The van der Waals surface area contributed by atoms with Crippen LogP contribution in [0.4, 0.5) is 4.39 Å². The van der Waals surface area contributed by atoms with Crippen LogP contribution in [0.15, 0.2) is 42.5 Å². The summed E-state index contributed by atoms with van der Waals surface area (Å²) in [7, 11) is 0. The molecule has 2 amide bonds. The Labute approximate surface area is 188 Å². The first-order valence-corrected chi connectivity index (χ1v) is 11.1. The van der Waals surface area contributed by atoms with Crippen molar-refractivity contribution in [3.63, 3.8) is 0 Å². The van der Waals surface area contributed by atoms with E-state index < -0.39 is 6.04 Å². The lowest BCUT2D eigenvalue weighted by Gasteiger charge is -2.31. The Bertz CT molecular complexity index is 932. The smallest absolute Gasteiger partial charge is 0.243 e. The average Bonchev–Trinajstić information content (AvgIpc) is 3.26. The molecule has 6 nitrogen and oxygen atoms in total. The third kappa shape index (κ3) is 5.99. The highest BCUT2D eigenvalue weighted by atomic mass is 19.1. The molecule has 2 aromatic rings. The topological polar surface area (TPSA) is 67.9 Å². The minimum absolute atomic E-state index is 0.0213. The lowest BCUT2D eigenvalue weighted by molar-refractivity contribution is -0.141. The largest absolute Gasteiger partial charge is 0.454 e. The molecule has 0 radical (unpaired) electrons. The summed E-state index contributed by atoms with van der Waals surface area (Å²) >= 11 is 0. The van der Waals surface area contributed by atoms with Gasteiger partial charge in [-0.1, -0.05) is 32.0 Å². The van der Waals surface area contributed by atoms with Gasteiger partial charge in [0.15, 0.2) is 11.5 Å². The van der Waals surface area contributed by atoms with Crippen molar-refractivity contribution >= 4 is 11.8 Å². The Kier molecular flexibility index (Phi) is 8.09. The second-order valence-electron chi connectivity index (χ2n) is 8.08. The van der Waals surface area contributed by atoms with Crippen molar-refractivity contribution in [3.8, 4) is 11.5 Å². The zero-order valence-corrected chi connectivity index (χ0v) is 18.9. The minimum Gasteiger partial charge on any atom is -0.454 e. The molecule has 1 aliphatic rings. The van der Waals surface area contributed by atoms with E-state index in [1.807, 2.05) is 39.0 Å². The monoisotopic (exact) mass is 442 g/mol. The van der Waals surface area contributed by atoms with Gasteiger partial charge in [0.25, 0.3) is 0 Å². The van der Waals surface area contributed by atoms with Crippen molar-refractivity contribution in [1.82, 2.24) is 10.2 Å². The Morgan fingerprint density at radius 1 is 1.03 bits per heavy atom. The van der Waals surface area contributed by atoms with Crippen molar-refractivity contribution in [1.29, 1.82) is 0 Å². The van der Waals surface area contributed by atoms with E-state index in [0.717, 1.165) is 17.5 Å². The van der Waals surface area contributed by atoms with Crippen molar-refractivity contribution in [3.05, 3.63) is 59.4 Å². The number of nitrogens with one attached hydrogen (secondary N) is 1. The van der Waals surface area contributed by atoms with Crippen LogP contribution in [-0.4, -0.2) is 35.6 Å². The fourth-order valence-corrected chi connectivity index (χ4v) is 3.64. The van der Waals surface area contributed by atoms with Gasteiger partial charge < -0.3 is 19.7 Å². The molecule has 7 heteroatoms. The van der Waals surface area contributed by atoms with E-state index in [1.54, 1.807) is 17.0 Å². The molecule has 3 rings (SSSR count). The van der Waals surface area contributed by atoms with Gasteiger partial charge >= 0.3 is 0 Å². The number of carbonyl (C=O) groups is 2. The number of halogens is 1. The summed E-state index contributed by atoms with van der Waals surface area (Å²) in [4.78, 5) is 27.8. The second-order valence-corrected chi connectivity index (χ2v) is 8.08. The zero-order chi connectivity index (χ0) is 23.1. The first-order valence-electron chi connectivity index (χ1n) is 11.1. The number of ether oxygens (including phenoxy) is 2. The number of amides is 2. The molecule has 0 aromatic heterocycles. The SMILES string of the molecule is CC[C@@H](C)NC(=O)[C@@H](CC)N(Cc1ccc(F)cc1)C(=O)CCc1ccc2c(c1)OCO2. The highest BCUT2D eigenvalue weighted by Gasteiger charge is 2.29. The van der Waals surface area contributed by atoms with Crippen LogP contribution < -0.4 is 14.8 Å². The highest BCUT2D eigenvalue weighted by Crippen LogP contribution is 2.32. The lowest BCUT2D eigenvalue weighted by atomic mass is 10.1. The standard InChI is InChI=1S/C25H31FN2O4/c1-4-17(3)27-25(30)21(5-2)28(15-19-6-10-20(26)11-7-19)24(29)13-9-18-8-12-22-23(14-18)32-16-31-22/h6-8,10-12,14,17,21H,4-5,9,13,15-16H2,1-3H3,(H,27,30)/t17-,21-/m1/s1. The number of fused-ring (bicyclic) bond motifs is 1. The van der Waals surface area contributed by atoms with E-state index >= 15 is 0 Å². The van der Waals surface area contributed by atoms with Gasteiger partial charge in [-0.2, -0.15) is 0 Å². The summed E-state index contributed by atoms with van der Waals surface area (Å²) in [6, 6.07) is 11.1. The minimum atomic E-state index is -0.599. The van der Waals surface area contributed by atoms with Crippen LogP contribution >= 0.6 is 0 Å². The molecule has 2 atom stereocenters. The number of aryl methyl sites for hydroxylation is 1. The predicted octanol–water partition coefficient (Wildman–Crippen LogP) is 4.21. The molecule has 0 aliphatic carbocycles. The number of nitrogens with zero attached hydrogens (tertiary/aromatic N) is 1. The van der Waals surface area contributed by atoms with Gasteiger partial charge in [0.05, 0.1) is 0 Å². The first-order chi connectivity index (χ1) is 15.4.